The van der Waals surface area contributed by atoms with Gasteiger partial charge in [-0.1, -0.05) is 13.8 Å². The van der Waals surface area contributed by atoms with E-state index in [1.807, 2.05) is 38.5 Å². The highest BCUT2D eigenvalue weighted by Gasteiger charge is 2.29. The van der Waals surface area contributed by atoms with Gasteiger partial charge in [0, 0.05) is 56.7 Å². The largest absolute Gasteiger partial charge is 0.492 e. The van der Waals surface area contributed by atoms with E-state index in [9.17, 15) is 9.18 Å². The molecule has 1 saturated heterocycles. The molecule has 3 aromatic rings. The molecule has 2 N–H and O–H groups in total. The summed E-state index contributed by atoms with van der Waals surface area (Å²) in [6.45, 7) is 14.9. The summed E-state index contributed by atoms with van der Waals surface area (Å²) in [6.07, 6.45) is 7.26. The molecule has 4 rings (SSSR count). The smallest absolute Gasteiger partial charge is 0.124 e. The van der Waals surface area contributed by atoms with E-state index < -0.39 is 5.60 Å². The lowest BCUT2D eigenvalue weighted by molar-refractivity contribution is -0.107. The summed E-state index contributed by atoms with van der Waals surface area (Å²) in [5.74, 6) is 0.366. The van der Waals surface area contributed by atoms with E-state index in [1.54, 1.807) is 32.9 Å². The number of piperidine rings is 1. The molecule has 2 aromatic heterocycles. The van der Waals surface area contributed by atoms with Crippen molar-refractivity contribution >= 4 is 17.7 Å². The highest BCUT2D eigenvalue weighted by molar-refractivity contribution is 5.81. The van der Waals surface area contributed by atoms with Gasteiger partial charge in [0.1, 0.15) is 24.5 Å². The number of hydrogen-bond donors (Lipinski definition) is 2. The molecule has 1 aliphatic rings. The Morgan fingerprint density at radius 1 is 1.05 bits per heavy atom. The second-order valence-electron chi connectivity index (χ2n) is 12.4. The monoisotopic (exact) mass is 596 g/mol. The normalized spacial score (nSPS) is 14.1. The summed E-state index contributed by atoms with van der Waals surface area (Å²) >= 11 is 0. The molecule has 0 atom stereocenters. The van der Waals surface area contributed by atoms with Crippen LogP contribution < -0.4 is 14.5 Å². The van der Waals surface area contributed by atoms with E-state index in [-0.39, 0.29) is 5.82 Å². The van der Waals surface area contributed by atoms with Gasteiger partial charge in [-0.05, 0) is 82.3 Å². The maximum absolute atomic E-state index is 13.1. The molecule has 1 aliphatic heterocycles. The molecule has 8 nitrogen and oxygen atoms in total. The van der Waals surface area contributed by atoms with Gasteiger partial charge in [0.25, 0.3) is 0 Å². The molecule has 3 heterocycles. The Morgan fingerprint density at radius 3 is 2.19 bits per heavy atom. The molecule has 1 aromatic carbocycles. The van der Waals surface area contributed by atoms with Crippen LogP contribution in [0.15, 0.2) is 48.8 Å². The van der Waals surface area contributed by atoms with Gasteiger partial charge in [-0.25, -0.2) is 4.39 Å². The van der Waals surface area contributed by atoms with Crippen molar-refractivity contribution in [1.82, 2.24) is 9.97 Å². The van der Waals surface area contributed by atoms with Crippen LogP contribution in [0, 0.1) is 18.2 Å². The van der Waals surface area contributed by atoms with Crippen LogP contribution in [0.1, 0.15) is 58.7 Å². The van der Waals surface area contributed by atoms with Crippen molar-refractivity contribution in [2.45, 2.75) is 66.4 Å². The van der Waals surface area contributed by atoms with Crippen LogP contribution in [0.25, 0.3) is 11.3 Å². The van der Waals surface area contributed by atoms with Crippen molar-refractivity contribution < 1.29 is 24.1 Å². The number of ether oxygens (including phenoxy) is 1. The Bertz CT molecular complexity index is 1260. The number of rotatable bonds is 9. The van der Waals surface area contributed by atoms with Crippen molar-refractivity contribution in [2.24, 2.45) is 5.41 Å². The molecule has 1 fully saturated rings. The number of halogens is 1. The summed E-state index contributed by atoms with van der Waals surface area (Å²) in [4.78, 5) is 25.4. The van der Waals surface area contributed by atoms with Gasteiger partial charge in [0.2, 0.25) is 0 Å². The minimum Gasteiger partial charge on any atom is -0.492 e. The van der Waals surface area contributed by atoms with Gasteiger partial charge < -0.3 is 29.5 Å². The molecular weight excluding hydrogens is 547 g/mol. The van der Waals surface area contributed by atoms with Crippen molar-refractivity contribution in [3.8, 4) is 17.0 Å². The second kappa shape index (κ2) is 16.3. The van der Waals surface area contributed by atoms with Crippen molar-refractivity contribution in [3.05, 3.63) is 65.9 Å². The van der Waals surface area contributed by atoms with Crippen LogP contribution in [0.2, 0.25) is 0 Å². The molecule has 0 radical (unpaired) electrons. The maximum atomic E-state index is 13.1. The lowest BCUT2D eigenvalue weighted by Gasteiger charge is -2.40. The molecule has 0 unspecified atom stereocenters. The molecule has 236 valence electrons. The average molecular weight is 597 g/mol. The van der Waals surface area contributed by atoms with Gasteiger partial charge in [0.15, 0.2) is 0 Å². The zero-order chi connectivity index (χ0) is 32.2. The average Bonchev–Trinajstić information content (AvgIpc) is 2.96. The van der Waals surface area contributed by atoms with E-state index in [1.165, 1.54) is 12.1 Å². The number of aliphatic hydroxyl groups excluding tert-OH is 1. The first-order valence-corrected chi connectivity index (χ1v) is 14.7. The van der Waals surface area contributed by atoms with E-state index >= 15 is 0 Å². The lowest BCUT2D eigenvalue weighted by atomic mass is 9.82. The number of pyridine rings is 2. The second-order valence-corrected chi connectivity index (χ2v) is 12.4. The number of likely N-dealkylation sites (N-methyl/N-ethyl adjacent to an activating group) is 1. The number of aliphatic hydroxyl groups is 2. The third-order valence-electron chi connectivity index (χ3n) is 7.06. The Morgan fingerprint density at radius 2 is 1.65 bits per heavy atom. The number of hydrogen-bond acceptors (Lipinski definition) is 8. The van der Waals surface area contributed by atoms with Gasteiger partial charge in [0.05, 0.1) is 35.4 Å². The molecule has 43 heavy (non-hydrogen) atoms. The van der Waals surface area contributed by atoms with E-state index in [0.29, 0.717) is 30.7 Å². The topological polar surface area (TPSA) is 99.0 Å². The highest BCUT2D eigenvalue weighted by atomic mass is 19.1. The summed E-state index contributed by atoms with van der Waals surface area (Å²) in [5.41, 5.74) is 5.57. The number of aromatic nitrogens is 2. The Labute approximate surface area is 256 Å². The molecule has 0 spiro atoms. The first kappa shape index (κ1) is 35.6. The zero-order valence-corrected chi connectivity index (χ0v) is 27.0. The maximum Gasteiger partial charge on any atom is 0.124 e. The van der Waals surface area contributed by atoms with E-state index in [0.717, 1.165) is 73.2 Å². The van der Waals surface area contributed by atoms with Gasteiger partial charge in [-0.2, -0.15) is 0 Å². The predicted octanol–water partition coefficient (Wildman–Crippen LogP) is 5.86. The molecule has 0 saturated carbocycles. The fourth-order valence-corrected chi connectivity index (χ4v) is 4.58. The molecule has 0 bridgehead atoms. The van der Waals surface area contributed by atoms with Gasteiger partial charge >= 0.3 is 0 Å². The molecular formula is C34H49FN4O4. The minimum atomic E-state index is -0.500. The molecule has 0 amide bonds. The number of carbonyl (C=O) groups is 1. The van der Waals surface area contributed by atoms with Crippen LogP contribution in [-0.4, -0.2) is 72.5 Å². The van der Waals surface area contributed by atoms with Crippen LogP contribution in [0.4, 0.5) is 15.8 Å². The fourth-order valence-electron chi connectivity index (χ4n) is 4.58. The lowest BCUT2D eigenvalue weighted by Crippen LogP contribution is -2.38. The number of carbonyl (C=O) groups excluding carboxylic acids is 1. The van der Waals surface area contributed by atoms with Crippen LogP contribution in [0.5, 0.6) is 5.75 Å². The first-order valence-electron chi connectivity index (χ1n) is 14.7. The standard InChI is InChI=1S/C29H35FN4O2.C4H10O.CH4O/c1-21-25(11-17-35)28(34-14-12-29(2,3)13-15-34)26(20-31-21)27-10-7-23(19-32-27)33(4)16-18-36-24-8-5-22(30)6-9-24;1-4(2,3)5;1-2/h5-10,17,19-20H,11-16,18H2,1-4H3;5H,1-3H3;2H,1H3. The van der Waals surface area contributed by atoms with Gasteiger partial charge in [-0.15, -0.1) is 0 Å². The van der Waals surface area contributed by atoms with Crippen molar-refractivity contribution in [3.63, 3.8) is 0 Å². The number of nitrogens with zero attached hydrogens (tertiary/aromatic N) is 4. The van der Waals surface area contributed by atoms with E-state index in [4.69, 9.17) is 19.9 Å². The van der Waals surface area contributed by atoms with Crippen LogP contribution >= 0.6 is 0 Å². The van der Waals surface area contributed by atoms with E-state index in [2.05, 4.69) is 28.6 Å². The van der Waals surface area contributed by atoms with Gasteiger partial charge in [-0.3, -0.25) is 9.97 Å². The number of aryl methyl sites for hydroxylation is 1. The number of benzene rings is 1. The van der Waals surface area contributed by atoms with Crippen molar-refractivity contribution in [2.75, 3.05) is 50.2 Å². The SMILES string of the molecule is CC(C)(C)O.CO.Cc1ncc(-c2ccc(N(C)CCOc3ccc(F)cc3)cn2)c(N2CCC(C)(C)CC2)c1CC=O. The summed E-state index contributed by atoms with van der Waals surface area (Å²) < 4.78 is 18.8. The summed E-state index contributed by atoms with van der Waals surface area (Å²) in [7, 11) is 2.99. The quantitative estimate of drug-likeness (QED) is 0.297. The Balaban J connectivity index is 0.000000836. The molecule has 9 heteroatoms. The minimum absolute atomic E-state index is 0.278. The third kappa shape index (κ3) is 11.6. The molecule has 0 aliphatic carbocycles. The van der Waals surface area contributed by atoms with Crippen LogP contribution in [0.3, 0.4) is 0 Å². The number of anilines is 2. The number of aldehydes is 1. The summed E-state index contributed by atoms with van der Waals surface area (Å²) in [5, 5.41) is 15.5. The fraction of sp³-hybridized carbons (Fsp3) is 0.500. The van der Waals surface area contributed by atoms with Crippen molar-refractivity contribution in [1.29, 1.82) is 0 Å². The Hall–Kier alpha value is -3.56. The Kier molecular flexibility index (Phi) is 13.5. The first-order chi connectivity index (χ1) is 20.3. The third-order valence-corrected chi connectivity index (χ3v) is 7.06. The highest BCUT2D eigenvalue weighted by Crippen LogP contribution is 2.39. The zero-order valence-electron chi connectivity index (χ0n) is 27.0. The predicted molar refractivity (Wildman–Crippen MR) is 172 cm³/mol. The summed E-state index contributed by atoms with van der Waals surface area (Å²) in [6, 6.07) is 10.1. The van der Waals surface area contributed by atoms with Crippen LogP contribution in [-0.2, 0) is 11.2 Å².